The molecule has 1 heterocycles. The van der Waals surface area contributed by atoms with Gasteiger partial charge in [0.15, 0.2) is 0 Å². The molecule has 0 spiro atoms. The fourth-order valence-electron chi connectivity index (χ4n) is 2.22. The topological polar surface area (TPSA) is 29.1 Å². The van der Waals surface area contributed by atoms with Gasteiger partial charge in [0.1, 0.15) is 0 Å². The summed E-state index contributed by atoms with van der Waals surface area (Å²) in [5, 5.41) is 2.96. The first kappa shape index (κ1) is 10.3. The molecule has 0 aromatic heterocycles. The molecule has 0 aromatic carbocycles. The van der Waals surface area contributed by atoms with Gasteiger partial charge in [-0.25, -0.2) is 0 Å². The van der Waals surface area contributed by atoms with Crippen LogP contribution < -0.4 is 5.32 Å². The first-order valence-electron chi connectivity index (χ1n) is 5.14. The fourth-order valence-corrected chi connectivity index (χ4v) is 2.22. The van der Waals surface area contributed by atoms with Crippen LogP contribution in [0.3, 0.4) is 0 Å². The molecular weight excluding hydrogens is 162 g/mol. The van der Waals surface area contributed by atoms with Gasteiger partial charge in [-0.15, -0.1) is 6.58 Å². The Morgan fingerprint density at radius 2 is 2.46 bits per heavy atom. The molecule has 0 radical (unpaired) electrons. The Morgan fingerprint density at radius 3 is 3.00 bits per heavy atom. The highest BCUT2D eigenvalue weighted by Gasteiger charge is 2.37. The van der Waals surface area contributed by atoms with Gasteiger partial charge in [-0.1, -0.05) is 19.4 Å². The van der Waals surface area contributed by atoms with Crippen LogP contribution in [0.25, 0.3) is 0 Å². The third kappa shape index (κ3) is 2.11. The second kappa shape index (κ2) is 4.45. The number of hydrogen-bond donors (Lipinski definition) is 1. The second-order valence-corrected chi connectivity index (χ2v) is 3.88. The largest absolute Gasteiger partial charge is 0.356 e. The van der Waals surface area contributed by atoms with E-state index in [0.29, 0.717) is 0 Å². The van der Waals surface area contributed by atoms with Crippen LogP contribution in [0.1, 0.15) is 39.0 Å². The summed E-state index contributed by atoms with van der Waals surface area (Å²) < 4.78 is 0. The Kier molecular flexibility index (Phi) is 3.52. The number of allylic oxidation sites excluding steroid dienone is 1. The normalized spacial score (nSPS) is 28.2. The molecule has 1 unspecified atom stereocenters. The van der Waals surface area contributed by atoms with Crippen LogP contribution in [0.4, 0.5) is 0 Å². The van der Waals surface area contributed by atoms with E-state index in [0.717, 1.165) is 38.6 Å². The van der Waals surface area contributed by atoms with Crippen LogP contribution in [0.15, 0.2) is 12.7 Å². The quantitative estimate of drug-likeness (QED) is 0.662. The number of rotatable bonds is 4. The summed E-state index contributed by atoms with van der Waals surface area (Å²) in [7, 11) is 0. The smallest absolute Gasteiger partial charge is 0.226 e. The molecule has 1 aliphatic heterocycles. The van der Waals surface area contributed by atoms with Crippen LogP contribution in [-0.2, 0) is 4.79 Å². The van der Waals surface area contributed by atoms with Gasteiger partial charge < -0.3 is 5.32 Å². The summed E-state index contributed by atoms with van der Waals surface area (Å²) >= 11 is 0. The van der Waals surface area contributed by atoms with Crippen molar-refractivity contribution in [2.45, 2.75) is 39.0 Å². The van der Waals surface area contributed by atoms with Gasteiger partial charge >= 0.3 is 0 Å². The van der Waals surface area contributed by atoms with E-state index in [9.17, 15) is 4.79 Å². The average Bonchev–Trinajstić information content (AvgIpc) is 2.11. The van der Waals surface area contributed by atoms with Crippen LogP contribution in [0, 0.1) is 5.41 Å². The number of carbonyl (C=O) groups is 1. The molecular formula is C11H19NO. The summed E-state index contributed by atoms with van der Waals surface area (Å²) in [6.45, 7) is 6.72. The fraction of sp³-hybridized carbons (Fsp3) is 0.727. The van der Waals surface area contributed by atoms with Crippen LogP contribution >= 0.6 is 0 Å². The molecule has 2 nitrogen and oxygen atoms in total. The lowest BCUT2D eigenvalue weighted by Crippen LogP contribution is -2.45. The van der Waals surface area contributed by atoms with Crippen LogP contribution in [0.2, 0.25) is 0 Å². The van der Waals surface area contributed by atoms with Gasteiger partial charge in [0.05, 0.1) is 5.41 Å². The highest BCUT2D eigenvalue weighted by molar-refractivity contribution is 5.83. The maximum atomic E-state index is 11.7. The molecule has 1 aliphatic rings. The highest BCUT2D eigenvalue weighted by atomic mass is 16.2. The number of nitrogens with one attached hydrogen (secondary N) is 1. The summed E-state index contributed by atoms with van der Waals surface area (Å²) in [5.41, 5.74) is -0.130. The van der Waals surface area contributed by atoms with Crippen molar-refractivity contribution in [3.8, 4) is 0 Å². The Hall–Kier alpha value is -0.790. The molecule has 1 N–H and O–H groups in total. The van der Waals surface area contributed by atoms with E-state index >= 15 is 0 Å². The van der Waals surface area contributed by atoms with E-state index in [4.69, 9.17) is 0 Å². The zero-order valence-electron chi connectivity index (χ0n) is 8.44. The number of carbonyl (C=O) groups excluding carboxylic acids is 1. The van der Waals surface area contributed by atoms with Crippen molar-refractivity contribution in [1.29, 1.82) is 0 Å². The summed E-state index contributed by atoms with van der Waals surface area (Å²) in [5.74, 6) is 0.237. The first-order valence-corrected chi connectivity index (χ1v) is 5.14. The van der Waals surface area contributed by atoms with Gasteiger partial charge in [0.25, 0.3) is 0 Å². The van der Waals surface area contributed by atoms with E-state index in [1.165, 1.54) is 0 Å². The lowest BCUT2D eigenvalue weighted by atomic mass is 9.74. The Labute approximate surface area is 80.4 Å². The van der Waals surface area contributed by atoms with Crippen LogP contribution in [-0.4, -0.2) is 12.5 Å². The van der Waals surface area contributed by atoms with Crippen molar-refractivity contribution < 1.29 is 4.79 Å². The molecule has 1 amide bonds. The monoisotopic (exact) mass is 181 g/mol. The van der Waals surface area contributed by atoms with Gasteiger partial charge in [-0.2, -0.15) is 0 Å². The standard InChI is InChI=1S/C11H19NO/c1-3-6-11(7-4-2)8-5-9-12-10(11)13/h3H,1,4-9H2,2H3,(H,12,13). The second-order valence-electron chi connectivity index (χ2n) is 3.88. The van der Waals surface area contributed by atoms with Gasteiger partial charge in [0.2, 0.25) is 5.91 Å². The minimum atomic E-state index is -0.130. The lowest BCUT2D eigenvalue weighted by molar-refractivity contribution is -0.133. The number of hydrogen-bond acceptors (Lipinski definition) is 1. The zero-order valence-corrected chi connectivity index (χ0v) is 8.44. The molecule has 1 rings (SSSR count). The van der Waals surface area contributed by atoms with E-state index in [1.54, 1.807) is 0 Å². The van der Waals surface area contributed by atoms with Crippen molar-refractivity contribution >= 4 is 5.91 Å². The Morgan fingerprint density at radius 1 is 1.69 bits per heavy atom. The molecule has 74 valence electrons. The van der Waals surface area contributed by atoms with Gasteiger partial charge in [-0.3, -0.25) is 4.79 Å². The SMILES string of the molecule is C=CCC1(CCC)CCCNC1=O. The number of amides is 1. The van der Waals surface area contributed by atoms with Crippen molar-refractivity contribution in [3.63, 3.8) is 0 Å². The van der Waals surface area contributed by atoms with Gasteiger partial charge in [0, 0.05) is 6.54 Å². The van der Waals surface area contributed by atoms with Gasteiger partial charge in [-0.05, 0) is 25.7 Å². The van der Waals surface area contributed by atoms with Crippen molar-refractivity contribution in [2.24, 2.45) is 5.41 Å². The number of piperidine rings is 1. The third-order valence-corrected chi connectivity index (χ3v) is 2.86. The third-order valence-electron chi connectivity index (χ3n) is 2.86. The molecule has 0 aliphatic carbocycles. The molecule has 0 aromatic rings. The maximum absolute atomic E-state index is 11.7. The Bertz CT molecular complexity index is 196. The highest BCUT2D eigenvalue weighted by Crippen LogP contribution is 2.36. The van der Waals surface area contributed by atoms with E-state index in [2.05, 4.69) is 18.8 Å². The molecule has 1 fully saturated rings. The molecule has 0 saturated carbocycles. The van der Waals surface area contributed by atoms with Crippen molar-refractivity contribution in [1.82, 2.24) is 5.32 Å². The maximum Gasteiger partial charge on any atom is 0.226 e. The summed E-state index contributed by atoms with van der Waals surface area (Å²) in [6.07, 6.45) is 6.90. The zero-order chi connectivity index (χ0) is 9.73. The predicted molar refractivity (Wildman–Crippen MR) is 54.4 cm³/mol. The molecule has 2 heteroatoms. The van der Waals surface area contributed by atoms with E-state index < -0.39 is 0 Å². The predicted octanol–water partition coefficient (Wildman–Crippen LogP) is 2.26. The molecule has 13 heavy (non-hydrogen) atoms. The van der Waals surface area contributed by atoms with Crippen molar-refractivity contribution in [3.05, 3.63) is 12.7 Å². The average molecular weight is 181 g/mol. The van der Waals surface area contributed by atoms with E-state index in [1.807, 2.05) is 6.08 Å². The lowest BCUT2D eigenvalue weighted by Gasteiger charge is -2.35. The van der Waals surface area contributed by atoms with E-state index in [-0.39, 0.29) is 11.3 Å². The first-order chi connectivity index (χ1) is 6.25. The summed E-state index contributed by atoms with van der Waals surface area (Å²) in [6, 6.07) is 0. The molecule has 1 atom stereocenters. The molecule has 0 bridgehead atoms. The minimum Gasteiger partial charge on any atom is -0.356 e. The minimum absolute atomic E-state index is 0.130. The van der Waals surface area contributed by atoms with Crippen LogP contribution in [0.5, 0.6) is 0 Å². The Balaban J connectivity index is 2.72. The van der Waals surface area contributed by atoms with Crippen molar-refractivity contribution in [2.75, 3.05) is 6.54 Å². The molecule has 1 saturated heterocycles. The summed E-state index contributed by atoms with van der Waals surface area (Å²) in [4.78, 5) is 11.7.